The Morgan fingerprint density at radius 2 is 1.95 bits per heavy atom. The summed E-state index contributed by atoms with van der Waals surface area (Å²) < 4.78 is 29.5. The van der Waals surface area contributed by atoms with E-state index < -0.39 is 12.6 Å². The van der Waals surface area contributed by atoms with Gasteiger partial charge in [0, 0.05) is 6.07 Å². The van der Waals surface area contributed by atoms with Crippen LogP contribution in [0.3, 0.4) is 0 Å². The van der Waals surface area contributed by atoms with E-state index in [0.29, 0.717) is 17.2 Å². The number of carbonyl (C=O) groups excluding carboxylic acids is 1. The minimum absolute atomic E-state index is 0.0924. The van der Waals surface area contributed by atoms with E-state index in [1.54, 1.807) is 18.2 Å². The summed E-state index contributed by atoms with van der Waals surface area (Å²) in [6.07, 6.45) is 1.28. The van der Waals surface area contributed by atoms with Crippen molar-refractivity contribution >= 4 is 5.97 Å². The van der Waals surface area contributed by atoms with Gasteiger partial charge in [-0.2, -0.15) is 5.10 Å². The second-order valence-corrected chi connectivity index (χ2v) is 4.08. The highest BCUT2D eigenvalue weighted by Gasteiger charge is 2.19. The van der Waals surface area contributed by atoms with Gasteiger partial charge < -0.3 is 14.2 Å². The van der Waals surface area contributed by atoms with Gasteiger partial charge in [-0.25, -0.2) is 13.9 Å². The van der Waals surface area contributed by atoms with E-state index in [4.69, 9.17) is 9.47 Å². The van der Waals surface area contributed by atoms with E-state index in [0.717, 1.165) is 0 Å². The number of aromatic nitrogens is 2. The number of hydrogen-bond donors (Lipinski definition) is 0. The van der Waals surface area contributed by atoms with Crippen molar-refractivity contribution in [2.45, 2.75) is 6.67 Å². The Balaban J connectivity index is 2.52. The number of methoxy groups -OCH3 is 3. The number of ether oxygens (including phenoxy) is 3. The van der Waals surface area contributed by atoms with Crippen LogP contribution in [-0.2, 0) is 11.4 Å². The number of esters is 1. The first-order chi connectivity index (χ1) is 10.2. The third-order valence-electron chi connectivity index (χ3n) is 3.01. The van der Waals surface area contributed by atoms with Gasteiger partial charge in [-0.05, 0) is 12.1 Å². The molecular formula is C14H15FN2O4. The molecule has 1 heterocycles. The molecule has 0 bridgehead atoms. The fourth-order valence-electron chi connectivity index (χ4n) is 1.96. The fraction of sp³-hybridized carbons (Fsp3) is 0.286. The number of nitrogens with zero attached hydrogens (tertiary/aromatic N) is 2. The number of alkyl halides is 1. The Morgan fingerprint density at radius 1 is 1.24 bits per heavy atom. The van der Waals surface area contributed by atoms with Crippen LogP contribution in [0.25, 0.3) is 5.69 Å². The Labute approximate surface area is 121 Å². The maximum Gasteiger partial charge on any atom is 0.341 e. The molecule has 0 N–H and O–H groups in total. The molecule has 0 atom stereocenters. The molecule has 0 aliphatic rings. The summed E-state index contributed by atoms with van der Waals surface area (Å²) >= 11 is 0. The molecule has 0 fully saturated rings. The van der Waals surface area contributed by atoms with Crippen LogP contribution in [0, 0.1) is 0 Å². The van der Waals surface area contributed by atoms with Crippen molar-refractivity contribution in [3.63, 3.8) is 0 Å². The molecule has 7 heteroatoms. The summed E-state index contributed by atoms with van der Waals surface area (Å²) in [6.45, 7) is -0.848. The van der Waals surface area contributed by atoms with Crippen molar-refractivity contribution in [1.82, 2.24) is 9.78 Å². The summed E-state index contributed by atoms with van der Waals surface area (Å²) in [7, 11) is 4.26. The van der Waals surface area contributed by atoms with Gasteiger partial charge in [0.2, 0.25) is 0 Å². The van der Waals surface area contributed by atoms with Crippen LogP contribution in [-0.4, -0.2) is 37.1 Å². The molecule has 0 amide bonds. The largest absolute Gasteiger partial charge is 0.493 e. The lowest BCUT2D eigenvalue weighted by molar-refractivity contribution is 0.0598. The molecule has 0 aliphatic heterocycles. The Hall–Kier alpha value is -2.57. The van der Waals surface area contributed by atoms with Gasteiger partial charge in [0.25, 0.3) is 0 Å². The summed E-state index contributed by atoms with van der Waals surface area (Å²) in [5.74, 6) is 0.396. The molecule has 0 aliphatic carbocycles. The lowest BCUT2D eigenvalue weighted by Gasteiger charge is -2.11. The molecule has 2 aromatic rings. The minimum atomic E-state index is -0.848. The molecule has 112 valence electrons. The molecular weight excluding hydrogens is 279 g/mol. The van der Waals surface area contributed by atoms with E-state index in [1.807, 2.05) is 0 Å². The van der Waals surface area contributed by atoms with Crippen molar-refractivity contribution in [2.75, 3.05) is 21.3 Å². The van der Waals surface area contributed by atoms with Gasteiger partial charge in [-0.3, -0.25) is 0 Å². The van der Waals surface area contributed by atoms with Gasteiger partial charge in [0.1, 0.15) is 12.2 Å². The topological polar surface area (TPSA) is 62.6 Å². The molecule has 0 saturated carbocycles. The zero-order valence-electron chi connectivity index (χ0n) is 11.9. The van der Waals surface area contributed by atoms with E-state index >= 15 is 0 Å². The average Bonchev–Trinajstić information content (AvgIpc) is 2.97. The predicted molar refractivity (Wildman–Crippen MR) is 72.8 cm³/mol. The summed E-state index contributed by atoms with van der Waals surface area (Å²) in [4.78, 5) is 11.6. The van der Waals surface area contributed by atoms with Crippen LogP contribution in [0.15, 0.2) is 24.4 Å². The van der Waals surface area contributed by atoms with Crippen LogP contribution < -0.4 is 9.47 Å². The average molecular weight is 294 g/mol. The van der Waals surface area contributed by atoms with Crippen molar-refractivity contribution in [3.8, 4) is 17.2 Å². The van der Waals surface area contributed by atoms with Gasteiger partial charge in [0.15, 0.2) is 11.5 Å². The molecule has 2 rings (SSSR count). The fourth-order valence-corrected chi connectivity index (χ4v) is 1.96. The van der Waals surface area contributed by atoms with Gasteiger partial charge >= 0.3 is 5.97 Å². The molecule has 6 nitrogen and oxygen atoms in total. The second-order valence-electron chi connectivity index (χ2n) is 4.08. The highest BCUT2D eigenvalue weighted by atomic mass is 19.1. The van der Waals surface area contributed by atoms with E-state index in [1.165, 1.54) is 32.2 Å². The summed E-state index contributed by atoms with van der Waals surface area (Å²) in [5, 5.41) is 4.04. The number of carbonyl (C=O) groups is 1. The van der Waals surface area contributed by atoms with Crippen LogP contribution >= 0.6 is 0 Å². The second kappa shape index (κ2) is 6.25. The highest BCUT2D eigenvalue weighted by molar-refractivity contribution is 5.90. The van der Waals surface area contributed by atoms with Gasteiger partial charge in [-0.1, -0.05) is 0 Å². The Morgan fingerprint density at radius 3 is 2.52 bits per heavy atom. The zero-order valence-corrected chi connectivity index (χ0v) is 11.9. The summed E-state index contributed by atoms with van der Waals surface area (Å²) in [5.41, 5.74) is 0.763. The van der Waals surface area contributed by atoms with Crippen LogP contribution in [0.5, 0.6) is 11.5 Å². The molecule has 0 saturated heterocycles. The minimum Gasteiger partial charge on any atom is -0.493 e. The van der Waals surface area contributed by atoms with Crippen molar-refractivity contribution in [1.29, 1.82) is 0 Å². The van der Waals surface area contributed by atoms with Crippen molar-refractivity contribution in [2.24, 2.45) is 0 Å². The number of rotatable bonds is 5. The zero-order chi connectivity index (χ0) is 15.4. The smallest absolute Gasteiger partial charge is 0.341 e. The predicted octanol–water partition coefficient (Wildman–Crippen LogP) is 2.15. The molecule has 0 unspecified atom stereocenters. The lowest BCUT2D eigenvalue weighted by Crippen LogP contribution is -2.07. The third kappa shape index (κ3) is 2.67. The standard InChI is InChI=1S/C14H15FN2O4/c1-19-12-5-4-9(6-13(12)20-2)17-11(7-15)10(8-16-17)14(18)21-3/h4-6,8H,7H2,1-3H3. The van der Waals surface area contributed by atoms with Crippen molar-refractivity contribution in [3.05, 3.63) is 35.7 Å². The number of hydrogen-bond acceptors (Lipinski definition) is 5. The lowest BCUT2D eigenvalue weighted by atomic mass is 10.2. The van der Waals surface area contributed by atoms with Crippen LogP contribution in [0.1, 0.15) is 16.1 Å². The Kier molecular flexibility index (Phi) is 4.42. The van der Waals surface area contributed by atoms with Gasteiger partial charge in [0.05, 0.1) is 38.9 Å². The molecule has 0 spiro atoms. The molecule has 1 aromatic carbocycles. The Bertz CT molecular complexity index is 654. The first-order valence-electron chi connectivity index (χ1n) is 6.09. The van der Waals surface area contributed by atoms with Crippen molar-refractivity contribution < 1.29 is 23.4 Å². The normalized spacial score (nSPS) is 10.3. The molecule has 21 heavy (non-hydrogen) atoms. The SMILES string of the molecule is COC(=O)c1cnn(-c2ccc(OC)c(OC)c2)c1CF. The highest BCUT2D eigenvalue weighted by Crippen LogP contribution is 2.30. The molecule has 1 aromatic heterocycles. The quantitative estimate of drug-likeness (QED) is 0.791. The molecule has 0 radical (unpaired) electrons. The van der Waals surface area contributed by atoms with E-state index in [9.17, 15) is 9.18 Å². The van der Waals surface area contributed by atoms with Gasteiger partial charge in [-0.15, -0.1) is 0 Å². The number of halogens is 1. The first kappa shape index (κ1) is 14.8. The van der Waals surface area contributed by atoms with E-state index in [-0.39, 0.29) is 11.3 Å². The maximum absolute atomic E-state index is 13.3. The third-order valence-corrected chi connectivity index (χ3v) is 3.01. The van der Waals surface area contributed by atoms with E-state index in [2.05, 4.69) is 9.84 Å². The van der Waals surface area contributed by atoms with Crippen LogP contribution in [0.4, 0.5) is 4.39 Å². The monoisotopic (exact) mass is 294 g/mol. The van der Waals surface area contributed by atoms with Crippen LogP contribution in [0.2, 0.25) is 0 Å². The number of benzene rings is 1. The maximum atomic E-state index is 13.3. The summed E-state index contributed by atoms with van der Waals surface area (Å²) in [6, 6.07) is 5.01. The first-order valence-corrected chi connectivity index (χ1v) is 6.09.